The maximum atomic E-state index is 12.6. The zero-order valence-electron chi connectivity index (χ0n) is 18.2. The molecule has 0 aromatic rings. The molecule has 0 amide bonds. The van der Waals surface area contributed by atoms with Crippen molar-refractivity contribution >= 4 is 30.3 Å². The molecule has 0 saturated heterocycles. The minimum absolute atomic E-state index is 0.231. The van der Waals surface area contributed by atoms with Crippen LogP contribution in [0.3, 0.4) is 0 Å². The fraction of sp³-hybridized carbons (Fsp3) is 0.727. The fourth-order valence-electron chi connectivity index (χ4n) is 3.40. The van der Waals surface area contributed by atoms with Gasteiger partial charge in [0.15, 0.2) is 0 Å². The van der Waals surface area contributed by atoms with E-state index in [1.165, 1.54) is 58.9 Å². The first-order valence-electron chi connectivity index (χ1n) is 10.5. The SMILES string of the molecule is C=C(C/C(=[CH]/[Sn]([CH2]CCC)([CH2]CCC)[CH2]CCC)C(=O)OCC)C(=O)OC. The topological polar surface area (TPSA) is 52.6 Å². The van der Waals surface area contributed by atoms with Crippen LogP contribution >= 0.6 is 0 Å². The zero-order valence-corrected chi connectivity index (χ0v) is 21.0. The van der Waals surface area contributed by atoms with Gasteiger partial charge in [0.1, 0.15) is 0 Å². The number of hydrogen-bond acceptors (Lipinski definition) is 4. The van der Waals surface area contributed by atoms with E-state index in [4.69, 9.17) is 9.47 Å². The molecule has 0 aromatic heterocycles. The second-order valence-corrected chi connectivity index (χ2v) is 20.2. The van der Waals surface area contributed by atoms with Gasteiger partial charge in [0.2, 0.25) is 0 Å². The Bertz CT molecular complexity index is 475. The Morgan fingerprint density at radius 2 is 1.37 bits per heavy atom. The van der Waals surface area contributed by atoms with E-state index >= 15 is 0 Å². The zero-order chi connectivity index (χ0) is 20.7. The van der Waals surface area contributed by atoms with Crippen molar-refractivity contribution in [3.63, 3.8) is 0 Å². The van der Waals surface area contributed by atoms with Crippen molar-refractivity contribution in [1.29, 1.82) is 0 Å². The number of carbonyl (C=O) groups excluding carboxylic acids is 2. The molecule has 156 valence electrons. The fourth-order valence-corrected chi connectivity index (χ4v) is 18.6. The quantitative estimate of drug-likeness (QED) is 0.162. The summed E-state index contributed by atoms with van der Waals surface area (Å²) in [6.07, 6.45) is 7.40. The molecule has 5 heteroatoms. The summed E-state index contributed by atoms with van der Waals surface area (Å²) in [6, 6.07) is 0. The van der Waals surface area contributed by atoms with Crippen molar-refractivity contribution in [3.8, 4) is 0 Å². The van der Waals surface area contributed by atoms with E-state index in [0.29, 0.717) is 17.8 Å². The van der Waals surface area contributed by atoms with Crippen LogP contribution in [0.15, 0.2) is 21.8 Å². The van der Waals surface area contributed by atoms with E-state index in [9.17, 15) is 9.59 Å². The van der Waals surface area contributed by atoms with Crippen molar-refractivity contribution in [2.45, 2.75) is 86.0 Å². The molecule has 0 heterocycles. The normalized spacial score (nSPS) is 12.0. The van der Waals surface area contributed by atoms with Crippen LogP contribution in [0.25, 0.3) is 0 Å². The monoisotopic (exact) mass is 488 g/mol. The Labute approximate surface area is 170 Å². The first-order valence-corrected chi connectivity index (χ1v) is 18.2. The van der Waals surface area contributed by atoms with Gasteiger partial charge in [-0.2, -0.15) is 0 Å². The Morgan fingerprint density at radius 3 is 1.74 bits per heavy atom. The molecule has 4 nitrogen and oxygen atoms in total. The van der Waals surface area contributed by atoms with Crippen LogP contribution in [0.1, 0.15) is 72.6 Å². The molecule has 0 aromatic carbocycles. The van der Waals surface area contributed by atoms with Gasteiger partial charge in [-0.15, -0.1) is 0 Å². The molecule has 0 atom stereocenters. The molecule has 0 rings (SSSR count). The van der Waals surface area contributed by atoms with E-state index in [-0.39, 0.29) is 12.4 Å². The second kappa shape index (κ2) is 15.2. The summed E-state index contributed by atoms with van der Waals surface area (Å²) in [4.78, 5) is 24.5. The third-order valence-electron chi connectivity index (χ3n) is 4.98. The number of unbranched alkanes of at least 4 members (excludes halogenated alkanes) is 3. The third kappa shape index (κ3) is 10.4. The van der Waals surface area contributed by atoms with Crippen LogP contribution < -0.4 is 0 Å². The molecular formula is C22H40O4Sn. The van der Waals surface area contributed by atoms with E-state index in [2.05, 4.69) is 31.4 Å². The first-order chi connectivity index (χ1) is 12.9. The number of hydrogen-bond donors (Lipinski definition) is 0. The Hall–Kier alpha value is -0.781. The van der Waals surface area contributed by atoms with Gasteiger partial charge >= 0.3 is 171 Å². The van der Waals surface area contributed by atoms with Gasteiger partial charge in [0, 0.05) is 0 Å². The molecule has 0 saturated carbocycles. The van der Waals surface area contributed by atoms with E-state index in [1.54, 1.807) is 0 Å². The third-order valence-corrected chi connectivity index (χ3v) is 19.3. The summed E-state index contributed by atoms with van der Waals surface area (Å²) in [5, 5.41) is 0. The van der Waals surface area contributed by atoms with Gasteiger partial charge in [-0.25, -0.2) is 0 Å². The number of methoxy groups -OCH3 is 1. The van der Waals surface area contributed by atoms with Crippen LogP contribution in [-0.2, 0) is 19.1 Å². The first kappa shape index (κ1) is 26.2. The summed E-state index contributed by atoms with van der Waals surface area (Å²) >= 11 is -2.68. The summed E-state index contributed by atoms with van der Waals surface area (Å²) in [7, 11) is 1.34. The number of carbonyl (C=O) groups is 2. The predicted molar refractivity (Wildman–Crippen MR) is 115 cm³/mol. The van der Waals surface area contributed by atoms with Crippen molar-refractivity contribution in [1.82, 2.24) is 0 Å². The predicted octanol–water partition coefficient (Wildman–Crippen LogP) is 5.98. The average molecular weight is 487 g/mol. The van der Waals surface area contributed by atoms with Gasteiger partial charge in [0.05, 0.1) is 0 Å². The van der Waals surface area contributed by atoms with Crippen LogP contribution in [-0.4, -0.2) is 44.0 Å². The van der Waals surface area contributed by atoms with Gasteiger partial charge in [-0.1, -0.05) is 0 Å². The number of ether oxygens (including phenoxy) is 2. The Morgan fingerprint density at radius 1 is 0.889 bits per heavy atom. The van der Waals surface area contributed by atoms with Crippen LogP contribution in [0, 0.1) is 0 Å². The summed E-state index contributed by atoms with van der Waals surface area (Å²) in [6.45, 7) is 12.7. The molecule has 0 fully saturated rings. The molecule has 0 aliphatic rings. The van der Waals surface area contributed by atoms with Gasteiger partial charge in [-0.3, -0.25) is 0 Å². The van der Waals surface area contributed by atoms with Crippen LogP contribution in [0.2, 0.25) is 13.3 Å². The van der Waals surface area contributed by atoms with E-state index in [1.807, 2.05) is 6.92 Å². The average Bonchev–Trinajstić information content (AvgIpc) is 2.67. The van der Waals surface area contributed by atoms with Crippen molar-refractivity contribution in [2.75, 3.05) is 13.7 Å². The second-order valence-electron chi connectivity index (χ2n) is 7.33. The number of esters is 2. The summed E-state index contributed by atoms with van der Waals surface area (Å²) in [5.41, 5.74) is 0.949. The van der Waals surface area contributed by atoms with Crippen LogP contribution in [0.5, 0.6) is 0 Å². The Balaban J connectivity index is 5.91. The van der Waals surface area contributed by atoms with E-state index in [0.717, 1.165) is 0 Å². The van der Waals surface area contributed by atoms with Gasteiger partial charge < -0.3 is 0 Å². The molecule has 0 aliphatic heterocycles. The minimum atomic E-state index is -2.68. The van der Waals surface area contributed by atoms with Crippen LogP contribution in [0.4, 0.5) is 0 Å². The van der Waals surface area contributed by atoms with Crippen molar-refractivity contribution < 1.29 is 19.1 Å². The summed E-state index contributed by atoms with van der Waals surface area (Å²) in [5.74, 6) is -0.755. The van der Waals surface area contributed by atoms with Gasteiger partial charge in [-0.05, 0) is 0 Å². The molecule has 0 radical (unpaired) electrons. The molecule has 27 heavy (non-hydrogen) atoms. The molecule has 0 bridgehead atoms. The standard InChI is InChI=1S/C10H13O4.3C4H9.Sn/c1-5-14-10(12)8(3)6-7(2)9(11)13-4;3*1-3-4-2;/h3H,2,5-6H2,1,4H3;3*1,3-4H2,2H3;. The molecule has 0 unspecified atom stereocenters. The molecule has 0 aliphatic carbocycles. The molecule has 0 spiro atoms. The summed E-state index contributed by atoms with van der Waals surface area (Å²) < 4.78 is 16.2. The van der Waals surface area contributed by atoms with E-state index < -0.39 is 24.3 Å². The maximum absolute atomic E-state index is 12.6. The van der Waals surface area contributed by atoms with Crippen molar-refractivity contribution in [3.05, 3.63) is 21.8 Å². The van der Waals surface area contributed by atoms with Crippen molar-refractivity contribution in [2.24, 2.45) is 0 Å². The molecule has 0 N–H and O–H groups in total. The molecular weight excluding hydrogens is 447 g/mol. The Kier molecular flexibility index (Phi) is 14.7. The van der Waals surface area contributed by atoms with Gasteiger partial charge in [0.25, 0.3) is 0 Å². The number of rotatable bonds is 15.